The van der Waals surface area contributed by atoms with Gasteiger partial charge in [-0.3, -0.25) is 9.89 Å². The second-order valence-corrected chi connectivity index (χ2v) is 5.90. The second kappa shape index (κ2) is 6.62. The lowest BCUT2D eigenvalue weighted by molar-refractivity contribution is -0.140. The van der Waals surface area contributed by atoms with Gasteiger partial charge in [-0.15, -0.1) is 5.10 Å². The van der Waals surface area contributed by atoms with Gasteiger partial charge in [-0.25, -0.2) is 4.98 Å². The SMILES string of the molecule is COC(=O)C(Sc1n[nH]c(-c2ccccc2O)n1)C(C)C. The van der Waals surface area contributed by atoms with Gasteiger partial charge in [-0.1, -0.05) is 37.7 Å². The highest BCUT2D eigenvalue weighted by molar-refractivity contribution is 8.00. The molecule has 1 unspecified atom stereocenters. The van der Waals surface area contributed by atoms with Crippen molar-refractivity contribution in [2.45, 2.75) is 24.3 Å². The molecule has 2 rings (SSSR count). The van der Waals surface area contributed by atoms with Crippen LogP contribution in [0.2, 0.25) is 0 Å². The molecule has 7 heteroatoms. The van der Waals surface area contributed by atoms with Crippen LogP contribution in [0, 0.1) is 5.92 Å². The number of aromatic amines is 1. The summed E-state index contributed by atoms with van der Waals surface area (Å²) < 4.78 is 4.79. The first-order valence-electron chi connectivity index (χ1n) is 6.48. The Morgan fingerprint density at radius 1 is 1.38 bits per heavy atom. The predicted molar refractivity (Wildman–Crippen MR) is 80.0 cm³/mol. The van der Waals surface area contributed by atoms with Crippen LogP contribution < -0.4 is 0 Å². The Balaban J connectivity index is 2.20. The zero-order chi connectivity index (χ0) is 15.4. The van der Waals surface area contributed by atoms with Crippen molar-refractivity contribution in [2.24, 2.45) is 5.92 Å². The number of esters is 1. The molecule has 0 radical (unpaired) electrons. The third-order valence-electron chi connectivity index (χ3n) is 2.90. The quantitative estimate of drug-likeness (QED) is 0.651. The smallest absolute Gasteiger partial charge is 0.319 e. The molecule has 112 valence electrons. The van der Waals surface area contributed by atoms with Crippen molar-refractivity contribution in [3.8, 4) is 17.1 Å². The number of nitrogens with zero attached hydrogens (tertiary/aromatic N) is 2. The molecule has 0 spiro atoms. The first-order chi connectivity index (χ1) is 10.0. The molecule has 2 N–H and O–H groups in total. The minimum absolute atomic E-state index is 0.0922. The summed E-state index contributed by atoms with van der Waals surface area (Å²) in [5.74, 6) is 0.375. The number of hydrogen-bond donors (Lipinski definition) is 2. The largest absolute Gasteiger partial charge is 0.507 e. The lowest BCUT2D eigenvalue weighted by atomic mass is 10.1. The third-order valence-corrected chi connectivity index (χ3v) is 4.28. The topological polar surface area (TPSA) is 88.1 Å². The van der Waals surface area contributed by atoms with Gasteiger partial charge in [0.15, 0.2) is 5.82 Å². The third kappa shape index (κ3) is 3.55. The zero-order valence-electron chi connectivity index (χ0n) is 12.0. The number of aromatic nitrogens is 3. The fraction of sp³-hybridized carbons (Fsp3) is 0.357. The summed E-state index contributed by atoms with van der Waals surface area (Å²) in [6, 6.07) is 6.85. The van der Waals surface area contributed by atoms with Gasteiger partial charge < -0.3 is 9.84 Å². The van der Waals surface area contributed by atoms with E-state index in [0.29, 0.717) is 16.5 Å². The fourth-order valence-electron chi connectivity index (χ4n) is 1.78. The second-order valence-electron chi connectivity index (χ2n) is 4.79. The van der Waals surface area contributed by atoms with E-state index in [1.165, 1.54) is 18.9 Å². The number of nitrogens with one attached hydrogen (secondary N) is 1. The minimum Gasteiger partial charge on any atom is -0.507 e. The Morgan fingerprint density at radius 2 is 2.10 bits per heavy atom. The van der Waals surface area contributed by atoms with Gasteiger partial charge in [0.05, 0.1) is 12.7 Å². The van der Waals surface area contributed by atoms with Gasteiger partial charge in [-0.05, 0) is 18.1 Å². The maximum Gasteiger partial charge on any atom is 0.319 e. The summed E-state index contributed by atoms with van der Waals surface area (Å²) >= 11 is 1.24. The van der Waals surface area contributed by atoms with Crippen LogP contribution in [0.25, 0.3) is 11.4 Å². The lowest BCUT2D eigenvalue weighted by Crippen LogP contribution is -2.24. The number of rotatable bonds is 5. The summed E-state index contributed by atoms with van der Waals surface area (Å²) in [4.78, 5) is 16.0. The molecule has 0 saturated heterocycles. The number of methoxy groups -OCH3 is 1. The average molecular weight is 307 g/mol. The zero-order valence-corrected chi connectivity index (χ0v) is 12.8. The standard InChI is InChI=1S/C14H17N3O3S/c1-8(2)11(13(19)20-3)21-14-15-12(16-17-14)9-6-4-5-7-10(9)18/h4-8,11,18H,1-3H3,(H,15,16,17). The van der Waals surface area contributed by atoms with Crippen LogP contribution in [0.3, 0.4) is 0 Å². The number of hydrogen-bond acceptors (Lipinski definition) is 6. The molecule has 0 fully saturated rings. The van der Waals surface area contributed by atoms with E-state index in [0.717, 1.165) is 0 Å². The van der Waals surface area contributed by atoms with Gasteiger partial charge in [0.2, 0.25) is 5.16 Å². The van der Waals surface area contributed by atoms with E-state index >= 15 is 0 Å². The van der Waals surface area contributed by atoms with Crippen LogP contribution in [-0.2, 0) is 9.53 Å². The molecule has 1 aromatic carbocycles. The van der Waals surface area contributed by atoms with Crippen LogP contribution in [0.5, 0.6) is 5.75 Å². The number of thioether (sulfide) groups is 1. The number of carbonyl (C=O) groups is 1. The Morgan fingerprint density at radius 3 is 2.71 bits per heavy atom. The summed E-state index contributed by atoms with van der Waals surface area (Å²) in [7, 11) is 1.36. The molecule has 0 aliphatic heterocycles. The maximum absolute atomic E-state index is 11.7. The van der Waals surface area contributed by atoms with Gasteiger partial charge in [0.1, 0.15) is 11.0 Å². The van der Waals surface area contributed by atoms with Crippen molar-refractivity contribution in [1.29, 1.82) is 0 Å². The average Bonchev–Trinajstić information content (AvgIpc) is 2.92. The highest BCUT2D eigenvalue weighted by Crippen LogP contribution is 2.30. The van der Waals surface area contributed by atoms with E-state index in [1.807, 2.05) is 13.8 Å². The van der Waals surface area contributed by atoms with Crippen LogP contribution >= 0.6 is 11.8 Å². The predicted octanol–water partition coefficient (Wildman–Crippen LogP) is 2.47. The number of para-hydroxylation sites is 1. The van der Waals surface area contributed by atoms with Gasteiger partial charge in [0.25, 0.3) is 0 Å². The lowest BCUT2D eigenvalue weighted by Gasteiger charge is -2.15. The Hall–Kier alpha value is -2.02. The van der Waals surface area contributed by atoms with E-state index in [4.69, 9.17) is 4.74 Å². The summed E-state index contributed by atoms with van der Waals surface area (Å²) in [6.07, 6.45) is 0. The normalized spacial score (nSPS) is 12.4. The number of aromatic hydroxyl groups is 1. The molecule has 0 amide bonds. The van der Waals surface area contributed by atoms with Gasteiger partial charge in [0, 0.05) is 0 Å². The molecule has 2 aromatic rings. The maximum atomic E-state index is 11.7. The van der Waals surface area contributed by atoms with Crippen molar-refractivity contribution in [3.05, 3.63) is 24.3 Å². The van der Waals surface area contributed by atoms with E-state index in [-0.39, 0.29) is 22.9 Å². The van der Waals surface area contributed by atoms with Gasteiger partial charge >= 0.3 is 5.97 Å². The highest BCUT2D eigenvalue weighted by atomic mass is 32.2. The number of H-pyrrole nitrogens is 1. The van der Waals surface area contributed by atoms with Gasteiger partial charge in [-0.2, -0.15) is 0 Å². The van der Waals surface area contributed by atoms with E-state index in [9.17, 15) is 9.90 Å². The Labute approximate surface area is 126 Å². The van der Waals surface area contributed by atoms with Crippen molar-refractivity contribution in [3.63, 3.8) is 0 Å². The first kappa shape index (κ1) is 15.4. The summed E-state index contributed by atoms with van der Waals surface area (Å²) in [6.45, 7) is 3.87. The molecular weight excluding hydrogens is 290 g/mol. The minimum atomic E-state index is -0.372. The van der Waals surface area contributed by atoms with Crippen molar-refractivity contribution >= 4 is 17.7 Å². The molecule has 0 aliphatic carbocycles. The molecule has 0 aliphatic rings. The number of phenolic OH excluding ortho intramolecular Hbond substituents is 1. The number of carbonyl (C=O) groups excluding carboxylic acids is 1. The van der Waals surface area contributed by atoms with Crippen molar-refractivity contribution in [2.75, 3.05) is 7.11 Å². The van der Waals surface area contributed by atoms with Crippen molar-refractivity contribution < 1.29 is 14.6 Å². The fourth-order valence-corrected chi connectivity index (χ4v) is 2.71. The van der Waals surface area contributed by atoms with Crippen LogP contribution in [0.1, 0.15) is 13.8 Å². The van der Waals surface area contributed by atoms with E-state index in [2.05, 4.69) is 15.2 Å². The van der Waals surface area contributed by atoms with Crippen molar-refractivity contribution in [1.82, 2.24) is 15.2 Å². The molecule has 1 atom stereocenters. The van der Waals surface area contributed by atoms with Crippen LogP contribution in [0.4, 0.5) is 0 Å². The summed E-state index contributed by atoms with van der Waals surface area (Å²) in [5, 5.41) is 16.7. The first-order valence-corrected chi connectivity index (χ1v) is 7.36. The molecule has 1 heterocycles. The highest BCUT2D eigenvalue weighted by Gasteiger charge is 2.26. The van der Waals surface area contributed by atoms with E-state index in [1.54, 1.807) is 24.3 Å². The molecule has 1 aromatic heterocycles. The number of benzene rings is 1. The van der Waals surface area contributed by atoms with Crippen LogP contribution in [-0.4, -0.2) is 38.6 Å². The molecule has 0 saturated carbocycles. The molecule has 0 bridgehead atoms. The monoisotopic (exact) mass is 307 g/mol. The van der Waals surface area contributed by atoms with E-state index < -0.39 is 0 Å². The molecule has 6 nitrogen and oxygen atoms in total. The Kier molecular flexibility index (Phi) is 4.85. The molecule has 21 heavy (non-hydrogen) atoms. The Bertz CT molecular complexity index is 627. The number of ether oxygens (including phenoxy) is 1. The molecular formula is C14H17N3O3S. The summed E-state index contributed by atoms with van der Waals surface area (Å²) in [5.41, 5.74) is 0.566. The number of phenols is 1. The van der Waals surface area contributed by atoms with Crippen LogP contribution in [0.15, 0.2) is 29.4 Å².